The number of furan rings is 1. The Labute approximate surface area is 149 Å². The molecule has 2 N–H and O–H groups in total. The van der Waals surface area contributed by atoms with E-state index in [2.05, 4.69) is 17.0 Å². The van der Waals surface area contributed by atoms with Crippen molar-refractivity contribution in [2.75, 3.05) is 26.7 Å². The van der Waals surface area contributed by atoms with Gasteiger partial charge in [-0.25, -0.2) is 4.79 Å². The molecule has 2 aromatic rings. The molecule has 0 spiro atoms. The number of aryl methyl sites for hydroxylation is 1. The molecule has 6 heteroatoms. The third-order valence-electron chi connectivity index (χ3n) is 3.76. The number of nitrogens with zero attached hydrogens (tertiary/aromatic N) is 1. The van der Waals surface area contributed by atoms with Crippen LogP contribution in [0.4, 0.5) is 0 Å². The van der Waals surface area contributed by atoms with Crippen molar-refractivity contribution in [2.24, 2.45) is 5.73 Å². The molecule has 1 heterocycles. The molecule has 0 atom stereocenters. The summed E-state index contributed by atoms with van der Waals surface area (Å²) in [5, 5.41) is 0. The number of esters is 1. The SMILES string of the molecule is COC(=O)c1cc(CN(CCN)CCc2ccccc2)oc1C.Cl. The van der Waals surface area contributed by atoms with Crippen molar-refractivity contribution in [3.8, 4) is 0 Å². The minimum Gasteiger partial charge on any atom is -0.465 e. The summed E-state index contributed by atoms with van der Waals surface area (Å²) < 4.78 is 10.4. The standard InChI is InChI=1S/C18H24N2O3.ClH/c1-14-17(18(21)22-2)12-16(23-14)13-20(11-9-19)10-8-15-6-4-3-5-7-15;/h3-7,12H,8-11,13,19H2,1-2H3;1H. The zero-order chi connectivity index (χ0) is 16.7. The predicted molar refractivity (Wildman–Crippen MR) is 96.5 cm³/mol. The van der Waals surface area contributed by atoms with Crippen molar-refractivity contribution in [3.63, 3.8) is 0 Å². The fourth-order valence-corrected chi connectivity index (χ4v) is 2.54. The molecule has 0 amide bonds. The molecule has 0 unspecified atom stereocenters. The van der Waals surface area contributed by atoms with Gasteiger partial charge in [-0.1, -0.05) is 30.3 Å². The second-order valence-electron chi connectivity index (χ2n) is 5.47. The first-order valence-corrected chi connectivity index (χ1v) is 7.78. The average Bonchev–Trinajstić information content (AvgIpc) is 2.93. The Morgan fingerprint density at radius 1 is 1.25 bits per heavy atom. The van der Waals surface area contributed by atoms with Gasteiger partial charge in [0, 0.05) is 19.6 Å². The molecule has 132 valence electrons. The average molecular weight is 353 g/mol. The number of rotatable bonds is 8. The van der Waals surface area contributed by atoms with Crippen LogP contribution in [0.3, 0.4) is 0 Å². The van der Waals surface area contributed by atoms with Gasteiger partial charge in [-0.15, -0.1) is 12.4 Å². The quantitative estimate of drug-likeness (QED) is 0.740. The van der Waals surface area contributed by atoms with E-state index in [1.165, 1.54) is 12.7 Å². The first kappa shape index (κ1) is 20.2. The number of carbonyl (C=O) groups excluding carboxylic acids is 1. The number of hydrogen-bond acceptors (Lipinski definition) is 5. The molecule has 0 aliphatic carbocycles. The highest BCUT2D eigenvalue weighted by Crippen LogP contribution is 2.17. The lowest BCUT2D eigenvalue weighted by molar-refractivity contribution is 0.0599. The smallest absolute Gasteiger partial charge is 0.341 e. The maximum absolute atomic E-state index is 11.7. The Balaban J connectivity index is 0.00000288. The summed E-state index contributed by atoms with van der Waals surface area (Å²) in [5.74, 6) is 0.971. The van der Waals surface area contributed by atoms with E-state index < -0.39 is 0 Å². The van der Waals surface area contributed by atoms with E-state index in [1.54, 1.807) is 13.0 Å². The maximum Gasteiger partial charge on any atom is 0.341 e. The molecule has 0 bridgehead atoms. The Morgan fingerprint density at radius 2 is 1.96 bits per heavy atom. The van der Waals surface area contributed by atoms with E-state index >= 15 is 0 Å². The van der Waals surface area contributed by atoms with Crippen LogP contribution in [-0.2, 0) is 17.7 Å². The fourth-order valence-electron chi connectivity index (χ4n) is 2.54. The van der Waals surface area contributed by atoms with Crippen LogP contribution in [0.15, 0.2) is 40.8 Å². The first-order valence-electron chi connectivity index (χ1n) is 7.78. The summed E-state index contributed by atoms with van der Waals surface area (Å²) in [4.78, 5) is 13.9. The highest BCUT2D eigenvalue weighted by Gasteiger charge is 2.17. The molecule has 2 rings (SSSR count). The first-order chi connectivity index (χ1) is 11.1. The molecule has 0 aliphatic rings. The lowest BCUT2D eigenvalue weighted by Gasteiger charge is -2.20. The van der Waals surface area contributed by atoms with Crippen molar-refractivity contribution in [3.05, 3.63) is 59.0 Å². The number of nitrogens with two attached hydrogens (primary N) is 1. The molecule has 0 saturated heterocycles. The van der Waals surface area contributed by atoms with E-state index in [1.807, 2.05) is 18.2 Å². The maximum atomic E-state index is 11.7. The molecule has 1 aromatic heterocycles. The third kappa shape index (κ3) is 5.67. The number of carbonyl (C=O) groups is 1. The van der Waals surface area contributed by atoms with Gasteiger partial charge < -0.3 is 14.9 Å². The molecular weight excluding hydrogens is 328 g/mol. The Morgan fingerprint density at radius 3 is 2.58 bits per heavy atom. The summed E-state index contributed by atoms with van der Waals surface area (Å²) >= 11 is 0. The normalized spacial score (nSPS) is 10.5. The van der Waals surface area contributed by atoms with Gasteiger partial charge in [-0.05, 0) is 25.0 Å². The highest BCUT2D eigenvalue weighted by molar-refractivity contribution is 5.90. The lowest BCUT2D eigenvalue weighted by atomic mass is 10.1. The zero-order valence-corrected chi connectivity index (χ0v) is 15.0. The van der Waals surface area contributed by atoms with Crippen molar-refractivity contribution < 1.29 is 13.9 Å². The van der Waals surface area contributed by atoms with Crippen LogP contribution in [0.2, 0.25) is 0 Å². The topological polar surface area (TPSA) is 68.7 Å². The lowest BCUT2D eigenvalue weighted by Crippen LogP contribution is -2.30. The third-order valence-corrected chi connectivity index (χ3v) is 3.76. The van der Waals surface area contributed by atoms with Gasteiger partial charge in [-0.2, -0.15) is 0 Å². The van der Waals surface area contributed by atoms with E-state index in [0.29, 0.717) is 24.4 Å². The van der Waals surface area contributed by atoms with Crippen LogP contribution < -0.4 is 5.73 Å². The van der Waals surface area contributed by atoms with E-state index in [-0.39, 0.29) is 18.4 Å². The van der Waals surface area contributed by atoms with Crippen molar-refractivity contribution in [1.82, 2.24) is 4.90 Å². The second-order valence-corrected chi connectivity index (χ2v) is 5.47. The zero-order valence-electron chi connectivity index (χ0n) is 14.2. The Kier molecular flexibility index (Phi) is 8.54. The summed E-state index contributed by atoms with van der Waals surface area (Å²) in [6.45, 7) is 4.64. The van der Waals surface area contributed by atoms with Gasteiger partial charge in [0.2, 0.25) is 0 Å². The minimum atomic E-state index is -0.368. The fraction of sp³-hybridized carbons (Fsp3) is 0.389. The van der Waals surface area contributed by atoms with Gasteiger partial charge in [0.15, 0.2) is 0 Å². The van der Waals surface area contributed by atoms with Gasteiger partial charge >= 0.3 is 5.97 Å². The summed E-state index contributed by atoms with van der Waals surface area (Å²) in [6, 6.07) is 12.1. The number of hydrogen-bond donors (Lipinski definition) is 1. The van der Waals surface area contributed by atoms with Crippen LogP contribution >= 0.6 is 12.4 Å². The number of ether oxygens (including phenoxy) is 1. The van der Waals surface area contributed by atoms with Crippen molar-refractivity contribution >= 4 is 18.4 Å². The van der Waals surface area contributed by atoms with Gasteiger partial charge in [0.25, 0.3) is 0 Å². The highest BCUT2D eigenvalue weighted by atomic mass is 35.5. The number of methoxy groups -OCH3 is 1. The number of halogens is 1. The van der Waals surface area contributed by atoms with Gasteiger partial charge in [0.05, 0.1) is 13.7 Å². The van der Waals surface area contributed by atoms with Gasteiger partial charge in [-0.3, -0.25) is 4.90 Å². The van der Waals surface area contributed by atoms with E-state index in [4.69, 9.17) is 14.9 Å². The number of benzene rings is 1. The van der Waals surface area contributed by atoms with Crippen molar-refractivity contribution in [1.29, 1.82) is 0 Å². The second kappa shape index (κ2) is 10.1. The molecular formula is C18H25ClN2O3. The molecule has 1 aromatic carbocycles. The van der Waals surface area contributed by atoms with Crippen LogP contribution in [-0.4, -0.2) is 37.6 Å². The molecule has 24 heavy (non-hydrogen) atoms. The van der Waals surface area contributed by atoms with Crippen LogP contribution in [0, 0.1) is 6.92 Å². The monoisotopic (exact) mass is 352 g/mol. The van der Waals surface area contributed by atoms with Gasteiger partial charge in [0.1, 0.15) is 17.1 Å². The Bertz CT molecular complexity index is 628. The van der Waals surface area contributed by atoms with Crippen LogP contribution in [0.25, 0.3) is 0 Å². The summed E-state index contributed by atoms with van der Waals surface area (Å²) in [7, 11) is 1.37. The van der Waals surface area contributed by atoms with E-state index in [0.717, 1.165) is 25.3 Å². The molecule has 0 radical (unpaired) electrons. The predicted octanol–water partition coefficient (Wildman–Crippen LogP) is 2.80. The molecule has 0 aliphatic heterocycles. The molecule has 0 saturated carbocycles. The summed E-state index contributed by atoms with van der Waals surface area (Å²) in [5.41, 5.74) is 7.49. The molecule has 5 nitrogen and oxygen atoms in total. The molecule has 0 fully saturated rings. The largest absolute Gasteiger partial charge is 0.465 e. The van der Waals surface area contributed by atoms with Crippen molar-refractivity contribution in [2.45, 2.75) is 19.9 Å². The van der Waals surface area contributed by atoms with E-state index in [9.17, 15) is 4.79 Å². The van der Waals surface area contributed by atoms with Crippen LogP contribution in [0.5, 0.6) is 0 Å². The van der Waals surface area contributed by atoms with Crippen LogP contribution in [0.1, 0.15) is 27.4 Å². The summed E-state index contributed by atoms with van der Waals surface area (Å²) in [6.07, 6.45) is 0.949. The minimum absolute atomic E-state index is 0. The Hall–Kier alpha value is -1.82.